The van der Waals surface area contributed by atoms with Crippen LogP contribution in [0, 0.1) is 6.92 Å². The van der Waals surface area contributed by atoms with E-state index >= 15 is 0 Å². The Balaban J connectivity index is 0.00000380. The van der Waals surface area contributed by atoms with Gasteiger partial charge >= 0.3 is 0 Å². The molecule has 37 heavy (non-hydrogen) atoms. The number of nitrogens with zero attached hydrogens (tertiary/aromatic N) is 4. The first-order valence-corrected chi connectivity index (χ1v) is 14.7. The minimum Gasteiger partial charge on any atom is -0.379 e. The fraction of sp³-hybridized carbons (Fsp3) is 0.440. The number of ether oxygens (including phenoxy) is 1. The quantitative estimate of drug-likeness (QED) is 0.362. The fourth-order valence-corrected chi connectivity index (χ4v) is 7.04. The lowest BCUT2D eigenvalue weighted by molar-refractivity contribution is 0.0730. The highest BCUT2D eigenvalue weighted by Gasteiger charge is 2.27. The van der Waals surface area contributed by atoms with Gasteiger partial charge in [0.05, 0.1) is 28.3 Å². The van der Waals surface area contributed by atoms with Gasteiger partial charge in [-0.1, -0.05) is 36.8 Å². The minimum absolute atomic E-state index is 0. The maximum absolute atomic E-state index is 13.7. The van der Waals surface area contributed by atoms with Gasteiger partial charge in [0.2, 0.25) is 10.0 Å². The smallest absolute Gasteiger partial charge is 0.260 e. The molecule has 2 aromatic carbocycles. The van der Waals surface area contributed by atoms with Gasteiger partial charge in [0, 0.05) is 36.8 Å². The molecule has 0 radical (unpaired) electrons. The highest BCUT2D eigenvalue weighted by Crippen LogP contribution is 2.33. The third-order valence-electron chi connectivity index (χ3n) is 6.36. The molecule has 0 unspecified atom stereocenters. The van der Waals surface area contributed by atoms with E-state index in [0.717, 1.165) is 28.9 Å². The van der Waals surface area contributed by atoms with Crippen molar-refractivity contribution < 1.29 is 17.9 Å². The van der Waals surface area contributed by atoms with Crippen molar-refractivity contribution in [1.82, 2.24) is 14.2 Å². The van der Waals surface area contributed by atoms with Crippen LogP contribution in [0.2, 0.25) is 5.02 Å². The van der Waals surface area contributed by atoms with Gasteiger partial charge < -0.3 is 9.64 Å². The maximum Gasteiger partial charge on any atom is 0.260 e. The number of aromatic nitrogens is 1. The van der Waals surface area contributed by atoms with Crippen molar-refractivity contribution in [3.63, 3.8) is 0 Å². The predicted molar refractivity (Wildman–Crippen MR) is 152 cm³/mol. The first kappa shape index (κ1) is 29.8. The molecule has 0 atom stereocenters. The summed E-state index contributed by atoms with van der Waals surface area (Å²) in [5.74, 6) is -0.222. The number of carbonyl (C=O) groups excluding carboxylic acids is 1. The summed E-state index contributed by atoms with van der Waals surface area (Å²) < 4.78 is 33.6. The van der Waals surface area contributed by atoms with E-state index in [1.54, 1.807) is 17.0 Å². The number of morpholine rings is 1. The Morgan fingerprint density at radius 3 is 2.38 bits per heavy atom. The van der Waals surface area contributed by atoms with Crippen molar-refractivity contribution in [2.45, 2.75) is 25.7 Å². The number of carbonyl (C=O) groups is 1. The van der Waals surface area contributed by atoms with Crippen LogP contribution in [0.5, 0.6) is 0 Å². The number of aryl methyl sites for hydroxylation is 1. The molecule has 1 amide bonds. The van der Waals surface area contributed by atoms with E-state index in [2.05, 4.69) is 18.7 Å². The number of rotatable bonds is 9. The van der Waals surface area contributed by atoms with Gasteiger partial charge in [-0.25, -0.2) is 13.4 Å². The van der Waals surface area contributed by atoms with E-state index in [9.17, 15) is 13.2 Å². The number of benzene rings is 2. The lowest BCUT2D eigenvalue weighted by Gasteiger charge is -2.26. The topological polar surface area (TPSA) is 83.1 Å². The summed E-state index contributed by atoms with van der Waals surface area (Å²) in [6.45, 7) is 10.4. The molecule has 12 heteroatoms. The molecule has 1 aliphatic heterocycles. The van der Waals surface area contributed by atoms with Gasteiger partial charge in [-0.15, -0.1) is 12.4 Å². The highest BCUT2D eigenvalue weighted by atomic mass is 35.5. The average molecular weight is 588 g/mol. The van der Waals surface area contributed by atoms with E-state index in [1.807, 2.05) is 19.1 Å². The van der Waals surface area contributed by atoms with Crippen LogP contribution in [0.1, 0.15) is 29.8 Å². The number of halogens is 2. The second kappa shape index (κ2) is 12.8. The van der Waals surface area contributed by atoms with Gasteiger partial charge in [0.15, 0.2) is 5.13 Å². The molecule has 1 aliphatic rings. The monoisotopic (exact) mass is 586 g/mol. The van der Waals surface area contributed by atoms with Crippen molar-refractivity contribution >= 4 is 66.6 Å². The van der Waals surface area contributed by atoms with Crippen LogP contribution in [0.25, 0.3) is 10.2 Å². The predicted octanol–water partition coefficient (Wildman–Crippen LogP) is 4.69. The molecule has 0 saturated carbocycles. The Kier molecular flexibility index (Phi) is 10.3. The zero-order valence-electron chi connectivity index (χ0n) is 21.1. The summed E-state index contributed by atoms with van der Waals surface area (Å²) >= 11 is 7.68. The summed E-state index contributed by atoms with van der Waals surface area (Å²) in [4.78, 5) is 22.6. The number of likely N-dealkylation sites (N-methyl/N-ethyl adjacent to an activating group) is 1. The lowest BCUT2D eigenvalue weighted by Crippen LogP contribution is -2.40. The van der Waals surface area contributed by atoms with Crippen molar-refractivity contribution in [3.8, 4) is 0 Å². The summed E-state index contributed by atoms with van der Waals surface area (Å²) in [5.41, 5.74) is 2.19. The summed E-state index contributed by atoms with van der Waals surface area (Å²) in [5, 5.41) is 1.23. The molecule has 4 rings (SSSR count). The van der Waals surface area contributed by atoms with Gasteiger partial charge in [-0.05, 0) is 62.0 Å². The molecule has 202 valence electrons. The van der Waals surface area contributed by atoms with Crippen LogP contribution >= 0.6 is 35.3 Å². The maximum atomic E-state index is 13.7. The zero-order valence-corrected chi connectivity index (χ0v) is 24.4. The molecule has 0 spiro atoms. The van der Waals surface area contributed by atoms with Crippen LogP contribution in [0.4, 0.5) is 5.13 Å². The van der Waals surface area contributed by atoms with E-state index in [4.69, 9.17) is 21.3 Å². The second-order valence-electron chi connectivity index (χ2n) is 8.59. The summed E-state index contributed by atoms with van der Waals surface area (Å²) in [7, 11) is -3.63. The third kappa shape index (κ3) is 6.62. The van der Waals surface area contributed by atoms with E-state index < -0.39 is 10.0 Å². The molecule has 3 aromatic rings. The first-order valence-electron chi connectivity index (χ1n) is 12.0. The molecular weight excluding hydrogens is 555 g/mol. The second-order valence-corrected chi connectivity index (χ2v) is 12.0. The molecule has 0 bridgehead atoms. The Bertz CT molecular complexity index is 1320. The molecule has 1 aromatic heterocycles. The SMILES string of the molecule is CCN(CC)CCN(C(=O)c1ccc(S(=O)(=O)N2CCOCC2)cc1)c1nc2c(C)cc(Cl)cc2s1.Cl. The summed E-state index contributed by atoms with van der Waals surface area (Å²) in [6.07, 6.45) is 0. The van der Waals surface area contributed by atoms with E-state index in [-0.39, 0.29) is 23.2 Å². The zero-order chi connectivity index (χ0) is 25.9. The Labute approximate surface area is 233 Å². The fourth-order valence-electron chi connectivity index (χ4n) is 4.18. The van der Waals surface area contributed by atoms with Gasteiger partial charge in [-0.2, -0.15) is 4.31 Å². The van der Waals surface area contributed by atoms with Crippen molar-refractivity contribution in [2.24, 2.45) is 0 Å². The number of hydrogen-bond acceptors (Lipinski definition) is 7. The molecule has 0 N–H and O–H groups in total. The summed E-state index contributed by atoms with van der Waals surface area (Å²) in [6, 6.07) is 9.89. The number of sulfonamides is 1. The molecule has 0 aliphatic carbocycles. The van der Waals surface area contributed by atoms with Crippen molar-refractivity contribution in [3.05, 3.63) is 52.5 Å². The van der Waals surface area contributed by atoms with Gasteiger partial charge in [-0.3, -0.25) is 9.69 Å². The Hall–Kier alpha value is -1.79. The van der Waals surface area contributed by atoms with Crippen molar-refractivity contribution in [1.29, 1.82) is 0 Å². The number of amides is 1. The van der Waals surface area contributed by atoms with Crippen LogP contribution in [0.3, 0.4) is 0 Å². The molecule has 2 heterocycles. The van der Waals surface area contributed by atoms with Crippen LogP contribution in [0.15, 0.2) is 41.3 Å². The lowest BCUT2D eigenvalue weighted by atomic mass is 10.2. The molecule has 8 nitrogen and oxygen atoms in total. The number of hydrogen-bond donors (Lipinski definition) is 0. The minimum atomic E-state index is -3.63. The molecular formula is C25H32Cl2N4O4S2. The van der Waals surface area contributed by atoms with Gasteiger partial charge in [0.1, 0.15) is 0 Å². The Morgan fingerprint density at radius 2 is 1.76 bits per heavy atom. The first-order chi connectivity index (χ1) is 17.2. The van der Waals surface area contributed by atoms with Crippen LogP contribution in [-0.4, -0.2) is 81.0 Å². The molecule has 1 saturated heterocycles. The van der Waals surface area contributed by atoms with Gasteiger partial charge in [0.25, 0.3) is 5.91 Å². The normalized spacial score (nSPS) is 14.6. The largest absolute Gasteiger partial charge is 0.379 e. The standard InChI is InChI=1S/C25H31ClN4O4S2.ClH/c1-4-28(5-2)10-11-30(25-27-23-18(3)16-20(26)17-22(23)35-25)24(31)19-6-8-21(9-7-19)36(32,33)29-12-14-34-15-13-29;/h6-9,16-17H,4-5,10-15H2,1-3H3;1H. The number of fused-ring (bicyclic) bond motifs is 1. The third-order valence-corrected chi connectivity index (χ3v) is 9.51. The van der Waals surface area contributed by atoms with E-state index in [0.29, 0.717) is 55.1 Å². The van der Waals surface area contributed by atoms with Crippen LogP contribution in [-0.2, 0) is 14.8 Å². The molecule has 1 fully saturated rings. The van der Waals surface area contributed by atoms with Crippen molar-refractivity contribution in [2.75, 3.05) is 57.4 Å². The number of thiazole rings is 1. The Morgan fingerprint density at radius 1 is 1.11 bits per heavy atom. The average Bonchev–Trinajstić information content (AvgIpc) is 3.31. The van der Waals surface area contributed by atoms with E-state index in [1.165, 1.54) is 27.8 Å². The van der Waals surface area contributed by atoms with Crippen LogP contribution < -0.4 is 4.90 Å². The number of anilines is 1. The highest BCUT2D eigenvalue weighted by molar-refractivity contribution is 7.89.